The van der Waals surface area contributed by atoms with Crippen LogP contribution in [-0.4, -0.2) is 0 Å². The molecule has 0 N–H and O–H groups in total. The van der Waals surface area contributed by atoms with Crippen molar-refractivity contribution in [3.05, 3.63) is 173 Å². The van der Waals surface area contributed by atoms with Gasteiger partial charge in [-0.05, 0) is 125 Å². The Morgan fingerprint density at radius 3 is 1.47 bits per heavy atom. The molecule has 0 saturated heterocycles. The summed E-state index contributed by atoms with van der Waals surface area (Å²) in [6, 6.07) is 53.2. The molecule has 0 saturated carbocycles. The van der Waals surface area contributed by atoms with E-state index in [1.165, 1.54) is 94.6 Å². The van der Waals surface area contributed by atoms with Crippen molar-refractivity contribution < 1.29 is 0 Å². The van der Waals surface area contributed by atoms with E-state index in [0.717, 1.165) is 0 Å². The van der Waals surface area contributed by atoms with Crippen molar-refractivity contribution in [2.45, 2.75) is 77.0 Å². The number of fused-ring (bicyclic) bond motifs is 11. The van der Waals surface area contributed by atoms with E-state index in [4.69, 9.17) is 0 Å². The Morgan fingerprint density at radius 2 is 0.792 bits per heavy atom. The van der Waals surface area contributed by atoms with Crippen LogP contribution >= 0.6 is 0 Å². The number of benzene rings is 7. The van der Waals surface area contributed by atoms with Crippen LogP contribution in [0.4, 0.5) is 17.1 Å². The van der Waals surface area contributed by atoms with Crippen LogP contribution in [0.5, 0.6) is 0 Å². The van der Waals surface area contributed by atoms with E-state index in [-0.39, 0.29) is 21.7 Å². The molecule has 7 aromatic carbocycles. The van der Waals surface area contributed by atoms with Gasteiger partial charge in [0, 0.05) is 27.9 Å². The van der Waals surface area contributed by atoms with Crippen LogP contribution in [-0.2, 0) is 21.7 Å². The molecule has 0 spiro atoms. The monoisotopic (exact) mass is 685 g/mol. The highest BCUT2D eigenvalue weighted by molar-refractivity contribution is 6.03. The minimum atomic E-state index is -0.135. The first-order valence-electron chi connectivity index (χ1n) is 19.3. The number of hydrogen-bond acceptors (Lipinski definition) is 1. The minimum absolute atomic E-state index is 0.0461. The van der Waals surface area contributed by atoms with Crippen molar-refractivity contribution in [3.63, 3.8) is 0 Å². The topological polar surface area (TPSA) is 3.24 Å². The van der Waals surface area contributed by atoms with Gasteiger partial charge in [-0.1, -0.05) is 159 Å². The van der Waals surface area contributed by atoms with E-state index in [0.29, 0.717) is 0 Å². The Labute approximate surface area is 315 Å². The molecule has 7 aromatic rings. The first kappa shape index (κ1) is 32.3. The van der Waals surface area contributed by atoms with E-state index in [2.05, 4.69) is 200 Å². The van der Waals surface area contributed by atoms with E-state index >= 15 is 0 Å². The summed E-state index contributed by atoms with van der Waals surface area (Å²) in [5.74, 6) is 0. The fourth-order valence-electron chi connectivity index (χ4n) is 10.3. The van der Waals surface area contributed by atoms with E-state index in [1.807, 2.05) is 0 Å². The summed E-state index contributed by atoms with van der Waals surface area (Å²) in [5, 5.41) is 2.63. The summed E-state index contributed by atoms with van der Waals surface area (Å²) in [6.45, 7) is 19.3. The Kier molecular flexibility index (Phi) is 6.45. The number of anilines is 3. The highest BCUT2D eigenvalue weighted by Gasteiger charge is 2.46. The summed E-state index contributed by atoms with van der Waals surface area (Å²) in [4.78, 5) is 2.53. The summed E-state index contributed by atoms with van der Waals surface area (Å²) in [7, 11) is 0. The lowest BCUT2D eigenvalue weighted by atomic mass is 9.55. The van der Waals surface area contributed by atoms with Crippen molar-refractivity contribution in [2.24, 2.45) is 0 Å². The second-order valence-corrected chi connectivity index (χ2v) is 17.8. The van der Waals surface area contributed by atoms with Crippen LogP contribution in [0.25, 0.3) is 44.2 Å². The molecular weight excluding hydrogens is 639 g/mol. The first-order valence-corrected chi connectivity index (χ1v) is 19.3. The van der Waals surface area contributed by atoms with Gasteiger partial charge in [0.2, 0.25) is 0 Å². The van der Waals surface area contributed by atoms with Crippen LogP contribution in [0, 0.1) is 0 Å². The van der Waals surface area contributed by atoms with Gasteiger partial charge in [-0.2, -0.15) is 0 Å². The smallest absolute Gasteiger partial charge is 0.0465 e. The zero-order valence-electron chi connectivity index (χ0n) is 32.2. The summed E-state index contributed by atoms with van der Waals surface area (Å²) in [5.41, 5.74) is 19.7. The molecule has 1 heteroatoms. The van der Waals surface area contributed by atoms with Gasteiger partial charge in [0.15, 0.2) is 0 Å². The second kappa shape index (κ2) is 10.6. The maximum absolute atomic E-state index is 2.53. The van der Waals surface area contributed by atoms with Crippen molar-refractivity contribution in [3.8, 4) is 33.4 Å². The molecule has 10 rings (SSSR count). The molecule has 0 aliphatic heterocycles. The molecular formula is C52H47N. The molecule has 0 radical (unpaired) electrons. The lowest BCUT2D eigenvalue weighted by Gasteiger charge is -2.48. The average Bonchev–Trinajstić information content (AvgIpc) is 3.53. The minimum Gasteiger partial charge on any atom is -0.310 e. The molecule has 53 heavy (non-hydrogen) atoms. The van der Waals surface area contributed by atoms with Gasteiger partial charge < -0.3 is 4.90 Å². The molecule has 0 atom stereocenters. The quantitative estimate of drug-likeness (QED) is 0.179. The third-order valence-corrected chi connectivity index (χ3v) is 14.0. The van der Waals surface area contributed by atoms with Crippen LogP contribution in [0.1, 0.15) is 88.8 Å². The van der Waals surface area contributed by atoms with Crippen molar-refractivity contribution in [2.75, 3.05) is 4.90 Å². The van der Waals surface area contributed by atoms with Gasteiger partial charge in [-0.3, -0.25) is 0 Å². The van der Waals surface area contributed by atoms with Crippen LogP contribution < -0.4 is 4.90 Å². The van der Waals surface area contributed by atoms with Crippen LogP contribution in [0.2, 0.25) is 0 Å². The number of nitrogens with zero attached hydrogens (tertiary/aromatic N) is 1. The maximum atomic E-state index is 2.53. The van der Waals surface area contributed by atoms with E-state index in [9.17, 15) is 0 Å². The number of hydrogen-bond donors (Lipinski definition) is 0. The lowest BCUT2D eigenvalue weighted by molar-refractivity contribution is 0.299. The molecule has 0 aromatic heterocycles. The normalized spacial score (nSPS) is 17.3. The zero-order chi connectivity index (χ0) is 36.7. The summed E-state index contributed by atoms with van der Waals surface area (Å²) >= 11 is 0. The average molecular weight is 686 g/mol. The molecule has 3 aliphatic rings. The third kappa shape index (κ3) is 4.20. The molecule has 0 fully saturated rings. The van der Waals surface area contributed by atoms with Crippen LogP contribution in [0.15, 0.2) is 140 Å². The Bertz CT molecular complexity index is 2680. The molecule has 0 heterocycles. The lowest BCUT2D eigenvalue weighted by Crippen LogP contribution is -2.43. The highest BCUT2D eigenvalue weighted by atomic mass is 15.1. The Morgan fingerprint density at radius 1 is 0.340 bits per heavy atom. The second-order valence-electron chi connectivity index (χ2n) is 17.8. The van der Waals surface area contributed by atoms with Gasteiger partial charge in [0.1, 0.15) is 0 Å². The zero-order valence-corrected chi connectivity index (χ0v) is 32.2. The van der Waals surface area contributed by atoms with Gasteiger partial charge in [0.05, 0.1) is 0 Å². The van der Waals surface area contributed by atoms with E-state index < -0.39 is 0 Å². The molecule has 0 unspecified atom stereocenters. The van der Waals surface area contributed by atoms with Gasteiger partial charge >= 0.3 is 0 Å². The maximum Gasteiger partial charge on any atom is 0.0465 e. The standard InChI is InChI=1S/C52H47N/c1-49(2)42-19-13-11-17-37(42)39-25-22-33(29-45(39)49)53(35-23-26-40-38-18-12-14-20-43(38)51(5,6)52(7,8)47(40)31-35)34-24-27-41-46(30-34)50(3,4)44-28-21-32-15-9-10-16-36(32)48(41)44/h9-31H,1-8H3. The number of rotatable bonds is 3. The molecule has 0 bridgehead atoms. The fraction of sp³-hybridized carbons (Fsp3) is 0.231. The third-order valence-electron chi connectivity index (χ3n) is 14.0. The van der Waals surface area contributed by atoms with Gasteiger partial charge in [-0.15, -0.1) is 0 Å². The van der Waals surface area contributed by atoms with Crippen molar-refractivity contribution in [1.29, 1.82) is 0 Å². The van der Waals surface area contributed by atoms with Crippen LogP contribution in [0.3, 0.4) is 0 Å². The van der Waals surface area contributed by atoms with E-state index in [1.54, 1.807) is 0 Å². The largest absolute Gasteiger partial charge is 0.310 e. The Hall–Kier alpha value is -5.40. The Balaban J connectivity index is 1.21. The fourth-order valence-corrected chi connectivity index (χ4v) is 10.3. The van der Waals surface area contributed by atoms with Gasteiger partial charge in [0.25, 0.3) is 0 Å². The molecule has 0 amide bonds. The molecule has 3 aliphatic carbocycles. The molecule has 260 valence electrons. The summed E-state index contributed by atoms with van der Waals surface area (Å²) < 4.78 is 0. The van der Waals surface area contributed by atoms with Crippen molar-refractivity contribution >= 4 is 27.8 Å². The predicted octanol–water partition coefficient (Wildman–Crippen LogP) is 14.2. The molecule has 1 nitrogen and oxygen atoms in total. The SMILES string of the molecule is CC1(C)c2ccccc2-c2ccc(N(c3ccc4c(c3)C(C)(C)c3ccc5ccccc5c3-4)c3ccc4c(c3)C(C)(C)C(C)(C)c3ccccc3-4)cc21. The predicted molar refractivity (Wildman–Crippen MR) is 225 cm³/mol. The van der Waals surface area contributed by atoms with Gasteiger partial charge in [-0.25, -0.2) is 0 Å². The first-order chi connectivity index (χ1) is 25.3. The highest BCUT2D eigenvalue weighted by Crippen LogP contribution is 2.57. The summed E-state index contributed by atoms with van der Waals surface area (Å²) in [6.07, 6.45) is 0. The van der Waals surface area contributed by atoms with Crippen molar-refractivity contribution in [1.82, 2.24) is 0 Å².